The van der Waals surface area contributed by atoms with Crippen LogP contribution < -0.4 is 5.32 Å². The summed E-state index contributed by atoms with van der Waals surface area (Å²) in [5, 5.41) is 3.36. The lowest BCUT2D eigenvalue weighted by molar-refractivity contribution is 0.169. The third-order valence-electron chi connectivity index (χ3n) is 3.48. The number of hydrogen-bond acceptors (Lipinski definition) is 4. The van der Waals surface area contributed by atoms with Crippen LogP contribution in [0.25, 0.3) is 0 Å². The van der Waals surface area contributed by atoms with Crippen LogP contribution in [-0.2, 0) is 10.0 Å². The molecule has 0 bridgehead atoms. The molecule has 2 fully saturated rings. The Kier molecular flexibility index (Phi) is 3.84. The average molecular weight is 247 g/mol. The first-order valence-electron chi connectivity index (χ1n) is 5.94. The molecular weight excluding hydrogens is 226 g/mol. The molecule has 6 heteroatoms. The first kappa shape index (κ1) is 12.3. The number of nitrogens with one attached hydrogen (secondary N) is 1. The summed E-state index contributed by atoms with van der Waals surface area (Å²) in [4.78, 5) is 2.39. The SMILES string of the molecule is CS(=O)(=O)N1CCN(CC2CCNC2)CC1. The topological polar surface area (TPSA) is 52.7 Å². The Balaban J connectivity index is 1.76. The van der Waals surface area contributed by atoms with Gasteiger partial charge in [0.05, 0.1) is 6.26 Å². The minimum absolute atomic E-state index is 0.652. The Bertz CT molecular complexity index is 317. The van der Waals surface area contributed by atoms with Crippen LogP contribution in [0.5, 0.6) is 0 Å². The van der Waals surface area contributed by atoms with Crippen LogP contribution in [0.4, 0.5) is 0 Å². The molecule has 0 aromatic rings. The smallest absolute Gasteiger partial charge is 0.211 e. The molecule has 2 aliphatic rings. The van der Waals surface area contributed by atoms with Gasteiger partial charge in [-0.15, -0.1) is 0 Å². The Labute approximate surface area is 97.8 Å². The molecule has 2 aliphatic heterocycles. The van der Waals surface area contributed by atoms with E-state index < -0.39 is 10.0 Å². The van der Waals surface area contributed by atoms with E-state index in [1.807, 2.05) is 0 Å². The third-order valence-corrected chi connectivity index (χ3v) is 4.78. The maximum Gasteiger partial charge on any atom is 0.211 e. The number of rotatable bonds is 3. The van der Waals surface area contributed by atoms with Crippen molar-refractivity contribution in [2.24, 2.45) is 5.92 Å². The second kappa shape index (κ2) is 5.00. The fourth-order valence-corrected chi connectivity index (χ4v) is 3.31. The highest BCUT2D eigenvalue weighted by Gasteiger charge is 2.25. The van der Waals surface area contributed by atoms with E-state index in [-0.39, 0.29) is 0 Å². The van der Waals surface area contributed by atoms with Crippen molar-refractivity contribution >= 4 is 10.0 Å². The van der Waals surface area contributed by atoms with Gasteiger partial charge in [0, 0.05) is 32.7 Å². The molecule has 0 spiro atoms. The summed E-state index contributed by atoms with van der Waals surface area (Å²) in [6.45, 7) is 6.43. The molecule has 2 heterocycles. The van der Waals surface area contributed by atoms with Crippen LogP contribution in [0.3, 0.4) is 0 Å². The van der Waals surface area contributed by atoms with E-state index in [0.717, 1.165) is 38.6 Å². The molecule has 1 unspecified atom stereocenters. The predicted molar refractivity (Wildman–Crippen MR) is 63.8 cm³/mol. The second-order valence-corrected chi connectivity index (χ2v) is 6.80. The summed E-state index contributed by atoms with van der Waals surface area (Å²) in [6, 6.07) is 0. The van der Waals surface area contributed by atoms with Crippen LogP contribution in [0, 0.1) is 5.92 Å². The molecule has 0 aromatic carbocycles. The van der Waals surface area contributed by atoms with Crippen molar-refractivity contribution in [2.45, 2.75) is 6.42 Å². The van der Waals surface area contributed by atoms with Crippen molar-refractivity contribution < 1.29 is 8.42 Å². The molecule has 1 N–H and O–H groups in total. The first-order chi connectivity index (χ1) is 7.55. The van der Waals surface area contributed by atoms with E-state index in [0.29, 0.717) is 13.1 Å². The van der Waals surface area contributed by atoms with Crippen molar-refractivity contribution in [3.63, 3.8) is 0 Å². The molecule has 1 atom stereocenters. The molecule has 2 saturated heterocycles. The minimum atomic E-state index is -2.98. The maximum atomic E-state index is 11.3. The standard InChI is InChI=1S/C10H21N3O2S/c1-16(14,15)13-6-4-12(5-7-13)9-10-2-3-11-8-10/h10-11H,2-9H2,1H3. The summed E-state index contributed by atoms with van der Waals surface area (Å²) in [6.07, 6.45) is 2.55. The molecule has 0 amide bonds. The van der Waals surface area contributed by atoms with Crippen molar-refractivity contribution in [1.29, 1.82) is 0 Å². The predicted octanol–water partition coefficient (Wildman–Crippen LogP) is -0.827. The lowest BCUT2D eigenvalue weighted by Gasteiger charge is -2.34. The first-order valence-corrected chi connectivity index (χ1v) is 7.79. The third kappa shape index (κ3) is 3.16. The highest BCUT2D eigenvalue weighted by atomic mass is 32.2. The average Bonchev–Trinajstić information content (AvgIpc) is 2.70. The number of sulfonamides is 1. The highest BCUT2D eigenvalue weighted by Crippen LogP contribution is 2.12. The van der Waals surface area contributed by atoms with Crippen molar-refractivity contribution in [3.8, 4) is 0 Å². The van der Waals surface area contributed by atoms with E-state index in [1.54, 1.807) is 4.31 Å². The van der Waals surface area contributed by atoms with Gasteiger partial charge in [-0.25, -0.2) is 8.42 Å². The van der Waals surface area contributed by atoms with E-state index in [2.05, 4.69) is 10.2 Å². The van der Waals surface area contributed by atoms with Gasteiger partial charge in [0.2, 0.25) is 10.0 Å². The lowest BCUT2D eigenvalue weighted by atomic mass is 10.1. The normalized spacial score (nSPS) is 29.7. The molecule has 2 rings (SSSR count). The molecular formula is C10H21N3O2S. The highest BCUT2D eigenvalue weighted by molar-refractivity contribution is 7.88. The van der Waals surface area contributed by atoms with Gasteiger partial charge in [0.25, 0.3) is 0 Å². The maximum absolute atomic E-state index is 11.3. The largest absolute Gasteiger partial charge is 0.316 e. The number of nitrogens with zero attached hydrogens (tertiary/aromatic N) is 2. The van der Waals surface area contributed by atoms with Crippen LogP contribution in [0.15, 0.2) is 0 Å². The zero-order chi connectivity index (χ0) is 11.6. The van der Waals surface area contributed by atoms with E-state index in [4.69, 9.17) is 0 Å². The molecule has 5 nitrogen and oxygen atoms in total. The quantitative estimate of drug-likeness (QED) is 0.707. The summed E-state index contributed by atoms with van der Waals surface area (Å²) in [5.74, 6) is 0.754. The van der Waals surface area contributed by atoms with Gasteiger partial charge in [-0.05, 0) is 25.4 Å². The minimum Gasteiger partial charge on any atom is -0.316 e. The molecule has 0 radical (unpaired) electrons. The molecule has 16 heavy (non-hydrogen) atoms. The fraction of sp³-hybridized carbons (Fsp3) is 1.00. The monoisotopic (exact) mass is 247 g/mol. The Hall–Kier alpha value is -0.170. The van der Waals surface area contributed by atoms with Crippen LogP contribution in [0.2, 0.25) is 0 Å². The molecule has 0 aliphatic carbocycles. The van der Waals surface area contributed by atoms with Crippen LogP contribution in [-0.4, -0.2) is 69.7 Å². The van der Waals surface area contributed by atoms with Crippen molar-refractivity contribution in [3.05, 3.63) is 0 Å². The zero-order valence-electron chi connectivity index (χ0n) is 9.85. The number of hydrogen-bond donors (Lipinski definition) is 1. The fourth-order valence-electron chi connectivity index (χ4n) is 2.48. The second-order valence-electron chi connectivity index (χ2n) is 4.82. The molecule has 94 valence electrons. The summed E-state index contributed by atoms with van der Waals surface area (Å²) >= 11 is 0. The number of piperazine rings is 1. The summed E-state index contributed by atoms with van der Waals surface area (Å²) < 4.78 is 24.2. The Morgan fingerprint density at radius 3 is 2.44 bits per heavy atom. The van der Waals surface area contributed by atoms with Gasteiger partial charge in [-0.2, -0.15) is 4.31 Å². The van der Waals surface area contributed by atoms with E-state index >= 15 is 0 Å². The molecule has 0 aromatic heterocycles. The van der Waals surface area contributed by atoms with Crippen molar-refractivity contribution in [1.82, 2.24) is 14.5 Å². The summed E-state index contributed by atoms with van der Waals surface area (Å²) in [7, 11) is -2.98. The van der Waals surface area contributed by atoms with Gasteiger partial charge >= 0.3 is 0 Å². The van der Waals surface area contributed by atoms with Crippen LogP contribution in [0.1, 0.15) is 6.42 Å². The van der Waals surface area contributed by atoms with Crippen molar-refractivity contribution in [2.75, 3.05) is 52.1 Å². The van der Waals surface area contributed by atoms with E-state index in [1.165, 1.54) is 12.7 Å². The zero-order valence-corrected chi connectivity index (χ0v) is 10.7. The Morgan fingerprint density at radius 1 is 1.25 bits per heavy atom. The summed E-state index contributed by atoms with van der Waals surface area (Å²) in [5.41, 5.74) is 0. The van der Waals surface area contributed by atoms with Gasteiger partial charge in [0.1, 0.15) is 0 Å². The Morgan fingerprint density at radius 2 is 1.94 bits per heavy atom. The van der Waals surface area contributed by atoms with E-state index in [9.17, 15) is 8.42 Å². The van der Waals surface area contributed by atoms with Gasteiger partial charge in [-0.1, -0.05) is 0 Å². The lowest BCUT2D eigenvalue weighted by Crippen LogP contribution is -2.49. The van der Waals surface area contributed by atoms with Gasteiger partial charge < -0.3 is 10.2 Å². The van der Waals surface area contributed by atoms with Gasteiger partial charge in [0.15, 0.2) is 0 Å². The van der Waals surface area contributed by atoms with Gasteiger partial charge in [-0.3, -0.25) is 0 Å². The van der Waals surface area contributed by atoms with Crippen LogP contribution >= 0.6 is 0 Å². The molecule has 0 saturated carbocycles.